The summed E-state index contributed by atoms with van der Waals surface area (Å²) in [5.74, 6) is -3.89. The van der Waals surface area contributed by atoms with E-state index in [-0.39, 0.29) is 108 Å². The summed E-state index contributed by atoms with van der Waals surface area (Å²) in [5, 5.41) is 0. The van der Waals surface area contributed by atoms with Gasteiger partial charge >= 0.3 is 41.9 Å². The Morgan fingerprint density at radius 1 is 0.408 bits per heavy atom. The molecular weight excluding hydrogens is 973 g/mol. The molecule has 0 saturated carbocycles. The summed E-state index contributed by atoms with van der Waals surface area (Å²) in [6, 6.07) is -1.19. The Morgan fingerprint density at radius 3 is 1.07 bits per heavy atom. The zero-order chi connectivity index (χ0) is 55.4. The molecule has 2 aliphatic rings. The van der Waals surface area contributed by atoms with Crippen LogP contribution in [-0.4, -0.2) is 130 Å². The first-order valence-electron chi connectivity index (χ1n) is 30.5. The number of hydrogen-bond donors (Lipinski definition) is 0. The van der Waals surface area contributed by atoms with Crippen LogP contribution in [0.3, 0.4) is 0 Å². The quantitative estimate of drug-likeness (QED) is 0.0318. The van der Waals surface area contributed by atoms with E-state index in [0.717, 1.165) is 116 Å². The number of nitrogens with zero attached hydrogens (tertiary/aromatic N) is 2. The predicted octanol–water partition coefficient (Wildman–Crippen LogP) is 12.7. The highest BCUT2D eigenvalue weighted by Gasteiger charge is 2.39. The van der Waals surface area contributed by atoms with Crippen molar-refractivity contribution in [3.8, 4) is 0 Å². The first-order chi connectivity index (χ1) is 36.9. The number of ether oxygens (including phenoxy) is 7. The van der Waals surface area contributed by atoms with Gasteiger partial charge in [-0.15, -0.1) is 0 Å². The molecule has 0 aromatic rings. The smallest absolute Gasteiger partial charge is 0.410 e. The van der Waals surface area contributed by atoms with Crippen molar-refractivity contribution in [3.63, 3.8) is 0 Å². The van der Waals surface area contributed by atoms with Gasteiger partial charge in [0.15, 0.2) is 0 Å². The molecule has 16 heteroatoms. The molecule has 0 bridgehead atoms. The Kier molecular flexibility index (Phi) is 40.3. The maximum atomic E-state index is 14.2. The lowest BCUT2D eigenvalue weighted by atomic mass is 9.96. The van der Waals surface area contributed by atoms with Gasteiger partial charge in [0.25, 0.3) is 0 Å². The molecule has 0 N–H and O–H groups in total. The maximum Gasteiger partial charge on any atom is 0.410 e. The molecule has 0 spiro atoms. The van der Waals surface area contributed by atoms with Crippen LogP contribution in [0.25, 0.3) is 0 Å². The Balaban J connectivity index is 2.14. The molecular formula is C60H106N2O14. The van der Waals surface area contributed by atoms with E-state index < -0.39 is 42.0 Å². The van der Waals surface area contributed by atoms with Crippen molar-refractivity contribution in [2.45, 2.75) is 271 Å². The fraction of sp³-hybridized carbons (Fsp3) is 0.883. The summed E-state index contributed by atoms with van der Waals surface area (Å²) in [6.07, 6.45) is 27.6. The topological polar surface area (TPSA) is 191 Å². The van der Waals surface area contributed by atoms with Crippen LogP contribution in [0.2, 0.25) is 0 Å². The molecule has 0 aromatic carbocycles. The summed E-state index contributed by atoms with van der Waals surface area (Å²) in [7, 11) is 1.98. The van der Waals surface area contributed by atoms with Crippen LogP contribution < -0.4 is 0 Å². The second kappa shape index (κ2) is 45.0. The van der Waals surface area contributed by atoms with E-state index >= 15 is 0 Å². The Hall–Kier alpha value is -3.95. The number of amides is 1. The number of likely N-dealkylation sites (tertiary alicyclic amines) is 2. The molecule has 16 nitrogen and oxygen atoms in total. The van der Waals surface area contributed by atoms with Gasteiger partial charge in [-0.3, -0.25) is 33.7 Å². The molecule has 76 heavy (non-hydrogen) atoms. The zero-order valence-electron chi connectivity index (χ0n) is 48.4. The molecule has 2 aliphatic heterocycles. The average Bonchev–Trinajstić information content (AvgIpc) is 3.40. The third kappa shape index (κ3) is 34.7. The van der Waals surface area contributed by atoms with E-state index in [1.54, 1.807) is 4.90 Å². The van der Waals surface area contributed by atoms with Crippen molar-refractivity contribution in [3.05, 3.63) is 0 Å². The summed E-state index contributed by atoms with van der Waals surface area (Å²) in [5.41, 5.74) is 0. The fourth-order valence-corrected chi connectivity index (χ4v) is 9.84. The monoisotopic (exact) mass is 1080 g/mol. The maximum absolute atomic E-state index is 14.2. The second-order valence-electron chi connectivity index (χ2n) is 21.9. The molecule has 1 amide bonds. The van der Waals surface area contributed by atoms with E-state index in [2.05, 4.69) is 32.6 Å². The summed E-state index contributed by atoms with van der Waals surface area (Å²) < 4.78 is 40.3. The van der Waals surface area contributed by atoms with Crippen molar-refractivity contribution in [2.75, 3.05) is 59.8 Å². The number of rotatable bonds is 45. The van der Waals surface area contributed by atoms with Gasteiger partial charge in [-0.2, -0.15) is 0 Å². The minimum atomic E-state index is -0.631. The van der Waals surface area contributed by atoms with Gasteiger partial charge in [0.1, 0.15) is 19.3 Å². The molecule has 2 fully saturated rings. The van der Waals surface area contributed by atoms with Gasteiger partial charge in [0.05, 0.1) is 51.4 Å². The highest BCUT2D eigenvalue weighted by molar-refractivity contribution is 5.73. The van der Waals surface area contributed by atoms with E-state index in [0.29, 0.717) is 57.9 Å². The Morgan fingerprint density at radius 2 is 0.737 bits per heavy atom. The number of hydrogen-bond acceptors (Lipinski definition) is 15. The van der Waals surface area contributed by atoms with Crippen molar-refractivity contribution < 1.29 is 66.7 Å². The van der Waals surface area contributed by atoms with Crippen molar-refractivity contribution in [1.29, 1.82) is 0 Å². The average molecular weight is 1080 g/mol. The highest BCUT2D eigenvalue weighted by Crippen LogP contribution is 2.27. The van der Waals surface area contributed by atoms with Crippen LogP contribution in [-0.2, 0) is 61.9 Å². The lowest BCUT2D eigenvalue weighted by Gasteiger charge is -2.42. The van der Waals surface area contributed by atoms with Crippen molar-refractivity contribution >= 4 is 41.9 Å². The molecule has 440 valence electrons. The molecule has 0 aromatic heterocycles. The lowest BCUT2D eigenvalue weighted by molar-refractivity contribution is -0.157. The molecule has 1 unspecified atom stereocenters. The van der Waals surface area contributed by atoms with Gasteiger partial charge < -0.3 is 38.1 Å². The van der Waals surface area contributed by atoms with E-state index in [1.165, 1.54) is 25.7 Å². The van der Waals surface area contributed by atoms with Crippen LogP contribution >= 0.6 is 0 Å². The number of unbranched alkanes of at least 4 members (excludes halogenated alkanes) is 20. The molecule has 0 aliphatic carbocycles. The summed E-state index contributed by atoms with van der Waals surface area (Å²) in [4.78, 5) is 96.1. The fourth-order valence-electron chi connectivity index (χ4n) is 9.84. The van der Waals surface area contributed by atoms with Crippen LogP contribution in [0.15, 0.2) is 0 Å². The molecule has 2 saturated heterocycles. The van der Waals surface area contributed by atoms with Gasteiger partial charge in [-0.25, -0.2) is 4.79 Å². The Bertz CT molecular complexity index is 1420. The molecule has 2 rings (SSSR count). The number of piperidine rings is 2. The van der Waals surface area contributed by atoms with E-state index in [1.807, 2.05) is 7.05 Å². The highest BCUT2D eigenvalue weighted by atomic mass is 16.6. The third-order valence-corrected chi connectivity index (χ3v) is 14.6. The molecule has 2 heterocycles. The predicted molar refractivity (Wildman–Crippen MR) is 294 cm³/mol. The van der Waals surface area contributed by atoms with E-state index in [4.69, 9.17) is 33.2 Å². The number of likely N-dealkylation sites (N-methyl/N-ethyl adjacent to an activating group) is 1. The van der Waals surface area contributed by atoms with Crippen LogP contribution in [0.4, 0.5) is 4.79 Å². The van der Waals surface area contributed by atoms with Crippen molar-refractivity contribution in [1.82, 2.24) is 9.80 Å². The number of carbonyl (C=O) groups excluding carboxylic acids is 7. The molecule has 0 radical (unpaired) electrons. The zero-order valence-corrected chi connectivity index (χ0v) is 48.4. The third-order valence-electron chi connectivity index (χ3n) is 14.6. The second-order valence-corrected chi connectivity index (χ2v) is 21.9. The molecule has 3 atom stereocenters. The van der Waals surface area contributed by atoms with Gasteiger partial charge in [0.2, 0.25) is 0 Å². The van der Waals surface area contributed by atoms with Crippen molar-refractivity contribution in [2.24, 2.45) is 11.8 Å². The lowest BCUT2D eigenvalue weighted by Crippen LogP contribution is -2.55. The summed E-state index contributed by atoms with van der Waals surface area (Å²) >= 11 is 0. The standard InChI is InChI=1S/C60H106N2O14/c1-6-10-14-18-22-26-35-54(63)70-43-49(44-71-55(64)36-27-23-19-15-11-7-2)40-58(67)74-47-51-32-30-33-52(62(51)60(69)76-53-34-31-39-61(5)42-53)48-75-59(68)41-50(45-72-56(65)37-28-24-20-16-12-8-3)46-73-57(66)38-29-25-21-17-13-9-4/h49-53H,6-48H2,1-5H3/t51-,52+,53?. The van der Waals surface area contributed by atoms with Crippen LogP contribution in [0.1, 0.15) is 252 Å². The first-order valence-corrected chi connectivity index (χ1v) is 30.5. The minimum absolute atomic E-state index is 0.108. The van der Waals surface area contributed by atoms with Gasteiger partial charge in [-0.05, 0) is 71.4 Å². The SMILES string of the molecule is CCCCCCCCC(=O)OCC(COC(=O)CCCCCCCC)CC(=O)OC[C@H]1CCC[C@@H](COC(=O)CC(COC(=O)CCCCCCCC)COC(=O)CCCCCCCC)N1C(=O)OC1CCCN(C)C1. The Labute approximate surface area is 459 Å². The number of esters is 6. The van der Waals surface area contributed by atoms with Crippen LogP contribution in [0.5, 0.6) is 0 Å². The minimum Gasteiger partial charge on any atom is -0.465 e. The van der Waals surface area contributed by atoms with Gasteiger partial charge in [0, 0.05) is 44.1 Å². The van der Waals surface area contributed by atoms with Crippen LogP contribution in [0, 0.1) is 11.8 Å². The normalized spacial score (nSPS) is 16.8. The largest absolute Gasteiger partial charge is 0.465 e. The number of carbonyl (C=O) groups is 7. The summed E-state index contributed by atoms with van der Waals surface area (Å²) in [6.45, 7) is 9.37. The first kappa shape index (κ1) is 68.2. The van der Waals surface area contributed by atoms with Gasteiger partial charge in [-0.1, -0.05) is 156 Å². The van der Waals surface area contributed by atoms with E-state index in [9.17, 15) is 33.6 Å².